The number of nitrogens with zero attached hydrogens (tertiary/aromatic N) is 3. The minimum Gasteiger partial charge on any atom is -0.378 e. The molecule has 1 amide bonds. The average Bonchev–Trinajstić information content (AvgIpc) is 3.08. The van der Waals surface area contributed by atoms with Gasteiger partial charge in [0, 0.05) is 38.4 Å². The predicted octanol–water partition coefficient (Wildman–Crippen LogP) is 1.84. The summed E-state index contributed by atoms with van der Waals surface area (Å²) in [6.45, 7) is 2.50. The average molecular weight is 304 g/mol. The van der Waals surface area contributed by atoms with E-state index in [1.165, 1.54) is 0 Å². The molecule has 2 fully saturated rings. The molecule has 0 saturated carbocycles. The van der Waals surface area contributed by atoms with Gasteiger partial charge in [0.15, 0.2) is 0 Å². The topological polar surface area (TPSA) is 67.3 Å². The second-order valence-corrected chi connectivity index (χ2v) is 6.08. The molecule has 0 spiro atoms. The second-order valence-electron chi connectivity index (χ2n) is 6.08. The summed E-state index contributed by atoms with van der Waals surface area (Å²) in [5.74, 6) is 1.08. The Morgan fingerprint density at radius 2 is 2.23 bits per heavy atom. The van der Waals surface area contributed by atoms with Crippen molar-refractivity contribution < 1.29 is 9.53 Å². The van der Waals surface area contributed by atoms with Crippen LogP contribution < -0.4 is 5.32 Å². The first-order valence-electron chi connectivity index (χ1n) is 8.25. The Hall–Kier alpha value is -1.69. The summed E-state index contributed by atoms with van der Waals surface area (Å²) in [6.07, 6.45) is 7.63. The minimum atomic E-state index is 0.272. The predicted molar refractivity (Wildman–Crippen MR) is 83.5 cm³/mol. The van der Waals surface area contributed by atoms with Crippen molar-refractivity contribution in [1.82, 2.24) is 15.1 Å². The zero-order valence-corrected chi connectivity index (χ0v) is 12.9. The van der Waals surface area contributed by atoms with E-state index in [2.05, 4.69) is 15.5 Å². The fourth-order valence-corrected chi connectivity index (χ4v) is 3.18. The molecule has 1 N–H and O–H groups in total. The molecule has 0 aromatic carbocycles. The Labute approximate surface area is 131 Å². The summed E-state index contributed by atoms with van der Waals surface area (Å²) in [6, 6.07) is 4.17. The largest absolute Gasteiger partial charge is 0.378 e. The van der Waals surface area contributed by atoms with Crippen molar-refractivity contribution in [2.45, 2.75) is 50.7 Å². The van der Waals surface area contributed by atoms with Crippen molar-refractivity contribution in [3.63, 3.8) is 0 Å². The third-order valence-corrected chi connectivity index (χ3v) is 4.48. The highest BCUT2D eigenvalue weighted by atomic mass is 16.5. The zero-order valence-electron chi connectivity index (χ0n) is 12.9. The fraction of sp³-hybridized carbons (Fsp3) is 0.688. The molecule has 3 rings (SSSR count). The molecule has 6 heteroatoms. The first-order valence-corrected chi connectivity index (χ1v) is 8.25. The molecule has 1 aromatic heterocycles. The number of hydrogen-bond acceptors (Lipinski definition) is 5. The van der Waals surface area contributed by atoms with Gasteiger partial charge in [-0.25, -0.2) is 0 Å². The van der Waals surface area contributed by atoms with Crippen molar-refractivity contribution >= 4 is 11.7 Å². The maximum Gasteiger partial charge on any atom is 0.222 e. The Morgan fingerprint density at radius 3 is 2.91 bits per heavy atom. The molecule has 0 unspecified atom stereocenters. The van der Waals surface area contributed by atoms with E-state index >= 15 is 0 Å². The van der Waals surface area contributed by atoms with E-state index < -0.39 is 0 Å². The van der Waals surface area contributed by atoms with Gasteiger partial charge < -0.3 is 15.0 Å². The van der Waals surface area contributed by atoms with Gasteiger partial charge in [-0.15, -0.1) is 5.10 Å². The van der Waals surface area contributed by atoms with Crippen LogP contribution in [0.4, 0.5) is 5.82 Å². The van der Waals surface area contributed by atoms with E-state index in [9.17, 15) is 4.79 Å². The first-order chi connectivity index (χ1) is 10.8. The molecule has 22 heavy (non-hydrogen) atoms. The molecule has 1 aromatic rings. The van der Waals surface area contributed by atoms with E-state index in [0.29, 0.717) is 18.6 Å². The Kier molecular flexibility index (Phi) is 5.21. The van der Waals surface area contributed by atoms with E-state index in [4.69, 9.17) is 4.74 Å². The molecule has 2 saturated heterocycles. The number of carbonyl (C=O) groups excluding carboxylic acids is 1. The lowest BCUT2D eigenvalue weighted by atomic mass is 10.0. The number of rotatable bonds is 5. The highest BCUT2D eigenvalue weighted by molar-refractivity contribution is 5.76. The molecule has 2 aliphatic heterocycles. The van der Waals surface area contributed by atoms with E-state index in [1.807, 2.05) is 17.0 Å². The van der Waals surface area contributed by atoms with Crippen molar-refractivity contribution in [2.24, 2.45) is 0 Å². The van der Waals surface area contributed by atoms with Gasteiger partial charge >= 0.3 is 0 Å². The third-order valence-electron chi connectivity index (χ3n) is 4.48. The molecule has 6 nitrogen and oxygen atoms in total. The molecule has 2 aliphatic rings. The van der Waals surface area contributed by atoms with Crippen LogP contribution in [0.3, 0.4) is 0 Å². The lowest BCUT2D eigenvalue weighted by Crippen LogP contribution is -2.42. The van der Waals surface area contributed by atoms with Crippen LogP contribution in [0.1, 0.15) is 38.5 Å². The molecule has 3 heterocycles. The van der Waals surface area contributed by atoms with Crippen LogP contribution >= 0.6 is 0 Å². The maximum atomic E-state index is 12.2. The number of piperidine rings is 1. The SMILES string of the molecule is O=C(CC[C@H]1CCCO1)N1CCC(Nc2cccnn2)CC1. The number of carbonyl (C=O) groups is 1. The van der Waals surface area contributed by atoms with Crippen molar-refractivity contribution in [2.75, 3.05) is 25.0 Å². The standard InChI is InChI=1S/C16H24N4O2/c21-16(6-5-14-3-2-12-22-14)20-10-7-13(8-11-20)18-15-4-1-9-17-19-15/h1,4,9,13-14H,2-3,5-8,10-12H2,(H,18,19)/t14-/m1/s1. The van der Waals surface area contributed by atoms with Crippen LogP contribution in [-0.4, -0.2) is 52.8 Å². The number of hydrogen-bond donors (Lipinski definition) is 1. The Morgan fingerprint density at radius 1 is 1.36 bits per heavy atom. The van der Waals surface area contributed by atoms with Gasteiger partial charge in [-0.3, -0.25) is 4.79 Å². The molecule has 0 radical (unpaired) electrons. The molecule has 0 bridgehead atoms. The quantitative estimate of drug-likeness (QED) is 0.899. The van der Waals surface area contributed by atoms with Crippen LogP contribution in [0, 0.1) is 0 Å². The normalized spacial score (nSPS) is 22.7. The van der Waals surface area contributed by atoms with E-state index in [1.54, 1.807) is 6.20 Å². The van der Waals surface area contributed by atoms with Crippen molar-refractivity contribution in [1.29, 1.82) is 0 Å². The fourth-order valence-electron chi connectivity index (χ4n) is 3.18. The summed E-state index contributed by atoms with van der Waals surface area (Å²) >= 11 is 0. The smallest absolute Gasteiger partial charge is 0.222 e. The van der Waals surface area contributed by atoms with Crippen molar-refractivity contribution in [3.8, 4) is 0 Å². The van der Waals surface area contributed by atoms with Gasteiger partial charge in [0.05, 0.1) is 6.10 Å². The van der Waals surface area contributed by atoms with Crippen LogP contribution in [0.25, 0.3) is 0 Å². The number of ether oxygens (including phenoxy) is 1. The lowest BCUT2D eigenvalue weighted by Gasteiger charge is -2.32. The van der Waals surface area contributed by atoms with Gasteiger partial charge in [0.25, 0.3) is 0 Å². The number of likely N-dealkylation sites (tertiary alicyclic amines) is 1. The highest BCUT2D eigenvalue weighted by Crippen LogP contribution is 2.19. The highest BCUT2D eigenvalue weighted by Gasteiger charge is 2.24. The number of aromatic nitrogens is 2. The number of nitrogens with one attached hydrogen (secondary N) is 1. The van der Waals surface area contributed by atoms with Gasteiger partial charge in [0.1, 0.15) is 5.82 Å². The summed E-state index contributed by atoms with van der Waals surface area (Å²) in [5, 5.41) is 11.3. The summed E-state index contributed by atoms with van der Waals surface area (Å²) < 4.78 is 5.58. The first kappa shape index (κ1) is 15.2. The summed E-state index contributed by atoms with van der Waals surface area (Å²) in [4.78, 5) is 14.2. The second kappa shape index (κ2) is 7.54. The van der Waals surface area contributed by atoms with Crippen LogP contribution in [0.2, 0.25) is 0 Å². The Balaban J connectivity index is 1.38. The van der Waals surface area contributed by atoms with Crippen LogP contribution in [0.5, 0.6) is 0 Å². The number of anilines is 1. The minimum absolute atomic E-state index is 0.272. The Bertz CT molecular complexity index is 468. The van der Waals surface area contributed by atoms with Crippen LogP contribution in [-0.2, 0) is 9.53 Å². The monoisotopic (exact) mass is 304 g/mol. The summed E-state index contributed by atoms with van der Waals surface area (Å²) in [7, 11) is 0. The van der Waals surface area contributed by atoms with Gasteiger partial charge in [-0.05, 0) is 44.2 Å². The van der Waals surface area contributed by atoms with Crippen molar-refractivity contribution in [3.05, 3.63) is 18.3 Å². The maximum absolute atomic E-state index is 12.2. The van der Waals surface area contributed by atoms with E-state index in [-0.39, 0.29) is 5.91 Å². The van der Waals surface area contributed by atoms with Gasteiger partial charge in [0.2, 0.25) is 5.91 Å². The number of amides is 1. The molecule has 0 aliphatic carbocycles. The third kappa shape index (κ3) is 4.16. The molecule has 1 atom stereocenters. The lowest BCUT2D eigenvalue weighted by molar-refractivity contribution is -0.132. The zero-order chi connectivity index (χ0) is 15.2. The summed E-state index contributed by atoms with van der Waals surface area (Å²) in [5.41, 5.74) is 0. The van der Waals surface area contributed by atoms with Crippen LogP contribution in [0.15, 0.2) is 18.3 Å². The molecular weight excluding hydrogens is 280 g/mol. The van der Waals surface area contributed by atoms with Gasteiger partial charge in [-0.1, -0.05) is 0 Å². The molecular formula is C16H24N4O2. The van der Waals surface area contributed by atoms with Gasteiger partial charge in [-0.2, -0.15) is 5.10 Å². The van der Waals surface area contributed by atoms with E-state index in [0.717, 1.165) is 57.6 Å². The molecule has 120 valence electrons.